The normalized spacial score (nSPS) is 18.6. The van der Waals surface area contributed by atoms with Crippen LogP contribution in [0.25, 0.3) is 0 Å². The zero-order valence-corrected chi connectivity index (χ0v) is 19.8. The lowest BCUT2D eigenvalue weighted by atomic mass is 9.90. The zero-order chi connectivity index (χ0) is 21.8. The molecule has 0 bridgehead atoms. The number of hydrogen-bond acceptors (Lipinski definition) is 4. The van der Waals surface area contributed by atoms with Gasteiger partial charge in [-0.2, -0.15) is 0 Å². The van der Waals surface area contributed by atoms with Crippen LogP contribution in [0.1, 0.15) is 54.9 Å². The van der Waals surface area contributed by atoms with Crippen LogP contribution < -0.4 is 0 Å². The molecule has 2 saturated carbocycles. The number of alkyl halides is 1. The molecule has 1 unspecified atom stereocenters. The van der Waals surface area contributed by atoms with Crippen LogP contribution in [0.5, 0.6) is 0 Å². The minimum atomic E-state index is -0.317. The Bertz CT molecular complexity index is 836. The topological polar surface area (TPSA) is 44.8 Å². The number of aryl methyl sites for hydroxylation is 1. The fourth-order valence-corrected chi connectivity index (χ4v) is 4.40. The molecule has 2 aromatic rings. The van der Waals surface area contributed by atoms with E-state index in [0.29, 0.717) is 0 Å². The summed E-state index contributed by atoms with van der Waals surface area (Å²) in [4.78, 5) is 21.6. The van der Waals surface area contributed by atoms with Crippen LogP contribution in [0, 0.1) is 6.92 Å². The second-order valence-electron chi connectivity index (χ2n) is 8.33. The van der Waals surface area contributed by atoms with E-state index in [-0.39, 0.29) is 22.9 Å². The van der Waals surface area contributed by atoms with Crippen LogP contribution >= 0.6 is 15.9 Å². The van der Waals surface area contributed by atoms with Crippen molar-refractivity contribution in [3.05, 3.63) is 70.8 Å². The third-order valence-corrected chi connectivity index (χ3v) is 7.07. The number of esters is 1. The quantitative estimate of drug-likeness (QED) is 0.221. The molecule has 30 heavy (non-hydrogen) atoms. The molecule has 0 radical (unpaired) electrons. The number of rotatable bonds is 7. The molecule has 0 saturated heterocycles. The number of ether oxygens (including phenoxy) is 1. The third kappa shape index (κ3) is 4.79. The van der Waals surface area contributed by atoms with Gasteiger partial charge in [0.25, 0.3) is 0 Å². The Balaban J connectivity index is 0.000000172. The second-order valence-corrected chi connectivity index (χ2v) is 8.89. The maximum Gasteiger partial charge on any atom is 0.316 e. The molecule has 0 aromatic heterocycles. The molecule has 5 heteroatoms. The molecule has 4 nitrogen and oxygen atoms in total. The molecule has 162 valence electrons. The van der Waals surface area contributed by atoms with E-state index in [1.54, 1.807) is 7.11 Å². The van der Waals surface area contributed by atoms with Crippen molar-refractivity contribution >= 4 is 21.9 Å². The summed E-state index contributed by atoms with van der Waals surface area (Å²) in [7, 11) is 3.02. The molecular weight excluding hydrogens is 444 g/mol. The van der Waals surface area contributed by atoms with Crippen LogP contribution in [0.4, 0.5) is 0 Å². The van der Waals surface area contributed by atoms with Crippen LogP contribution in [0.2, 0.25) is 0 Å². The van der Waals surface area contributed by atoms with Gasteiger partial charge in [-0.15, -0.1) is 0 Å². The molecule has 0 N–H and O–H groups in total. The van der Waals surface area contributed by atoms with E-state index in [9.17, 15) is 4.79 Å². The summed E-state index contributed by atoms with van der Waals surface area (Å²) in [5, 5.41) is 0.907. The molecule has 4 rings (SSSR count). The summed E-state index contributed by atoms with van der Waals surface area (Å²) in [6, 6.07) is 16.9. The second kappa shape index (κ2) is 9.63. The van der Waals surface area contributed by atoms with Crippen LogP contribution in [0.3, 0.4) is 0 Å². The first-order valence-electron chi connectivity index (χ1n) is 10.4. The van der Waals surface area contributed by atoms with Gasteiger partial charge in [0, 0.05) is 10.7 Å². The van der Waals surface area contributed by atoms with Gasteiger partial charge < -0.3 is 4.74 Å². The Morgan fingerprint density at radius 1 is 0.967 bits per heavy atom. The van der Waals surface area contributed by atoms with Crippen molar-refractivity contribution in [1.29, 1.82) is 0 Å². The van der Waals surface area contributed by atoms with E-state index in [0.717, 1.165) is 23.7 Å². The lowest BCUT2D eigenvalue weighted by Crippen LogP contribution is -2.25. The molecule has 2 aliphatic rings. The van der Waals surface area contributed by atoms with Crippen LogP contribution in [-0.4, -0.2) is 26.3 Å². The first-order chi connectivity index (χ1) is 14.4. The van der Waals surface area contributed by atoms with Crippen LogP contribution in [-0.2, 0) is 35.5 Å². The standard InChI is InChI=1S/C13H17BrO2.C12H14O2/c1-10(16-15-2)13(7-8-13)12-5-3-11(9-14)4-6-12;1-9-3-5-10(6-4-9)12(7-8-12)11(13)14-2/h3-6,10H,7-9H2,1-2H3;3-6H,7-8H2,1-2H3. The van der Waals surface area contributed by atoms with Gasteiger partial charge in [-0.3, -0.25) is 4.79 Å². The van der Waals surface area contributed by atoms with Crippen molar-refractivity contribution in [1.82, 2.24) is 0 Å². The summed E-state index contributed by atoms with van der Waals surface area (Å²) >= 11 is 3.46. The summed E-state index contributed by atoms with van der Waals surface area (Å²) in [5.74, 6) is -0.0960. The predicted octanol–water partition coefficient (Wildman–Crippen LogP) is 5.78. The molecule has 2 fully saturated rings. The Morgan fingerprint density at radius 3 is 1.97 bits per heavy atom. The van der Waals surface area contributed by atoms with Gasteiger partial charge >= 0.3 is 5.97 Å². The van der Waals surface area contributed by atoms with E-state index < -0.39 is 0 Å². The average Bonchev–Trinajstić information content (AvgIpc) is 3.69. The van der Waals surface area contributed by atoms with Crippen molar-refractivity contribution in [2.24, 2.45) is 0 Å². The van der Waals surface area contributed by atoms with Crippen molar-refractivity contribution in [3.8, 4) is 0 Å². The Hall–Kier alpha value is -1.69. The molecule has 2 aromatic carbocycles. The fraction of sp³-hybridized carbons (Fsp3) is 0.480. The average molecular weight is 475 g/mol. The highest BCUT2D eigenvalue weighted by Crippen LogP contribution is 2.52. The van der Waals surface area contributed by atoms with E-state index in [4.69, 9.17) is 14.5 Å². The van der Waals surface area contributed by atoms with Crippen molar-refractivity contribution < 1.29 is 19.3 Å². The number of benzene rings is 2. The lowest BCUT2D eigenvalue weighted by molar-refractivity contribution is -0.307. The lowest BCUT2D eigenvalue weighted by Gasteiger charge is -2.22. The van der Waals surface area contributed by atoms with Gasteiger partial charge in [-0.1, -0.05) is 70.0 Å². The monoisotopic (exact) mass is 474 g/mol. The van der Waals surface area contributed by atoms with Gasteiger partial charge in [-0.25, -0.2) is 9.78 Å². The third-order valence-electron chi connectivity index (χ3n) is 6.42. The van der Waals surface area contributed by atoms with Gasteiger partial charge in [-0.05, 0) is 56.2 Å². The molecule has 0 amide bonds. The number of carbonyl (C=O) groups excluding carboxylic acids is 1. The van der Waals surface area contributed by atoms with Gasteiger partial charge in [0.2, 0.25) is 0 Å². The van der Waals surface area contributed by atoms with E-state index in [1.165, 1.54) is 36.6 Å². The molecular formula is C25H31BrO4. The maximum atomic E-state index is 11.6. The first-order valence-corrected chi connectivity index (χ1v) is 11.5. The Morgan fingerprint density at radius 2 is 1.53 bits per heavy atom. The Labute approximate surface area is 188 Å². The van der Waals surface area contributed by atoms with E-state index in [2.05, 4.69) is 47.1 Å². The minimum absolute atomic E-state index is 0.0960. The summed E-state index contributed by atoms with van der Waals surface area (Å²) in [5.41, 5.74) is 4.84. The minimum Gasteiger partial charge on any atom is -0.468 e. The zero-order valence-electron chi connectivity index (χ0n) is 18.2. The van der Waals surface area contributed by atoms with E-state index in [1.807, 2.05) is 31.2 Å². The summed E-state index contributed by atoms with van der Waals surface area (Å²) in [6.45, 7) is 4.12. The predicted molar refractivity (Wildman–Crippen MR) is 122 cm³/mol. The SMILES string of the molecule is COC(=O)C1(c2ccc(C)cc2)CC1.COOC(C)C1(c2ccc(CBr)cc2)CC1. The highest BCUT2D eigenvalue weighted by molar-refractivity contribution is 9.08. The Kier molecular flexibility index (Phi) is 7.38. The fourth-order valence-electron chi connectivity index (χ4n) is 4.03. The van der Waals surface area contributed by atoms with Gasteiger partial charge in [0.05, 0.1) is 25.7 Å². The molecule has 0 aliphatic heterocycles. The summed E-state index contributed by atoms with van der Waals surface area (Å²) in [6.07, 6.45) is 4.33. The number of carbonyl (C=O) groups is 1. The van der Waals surface area contributed by atoms with Crippen molar-refractivity contribution in [3.63, 3.8) is 0 Å². The number of methoxy groups -OCH3 is 1. The molecule has 0 spiro atoms. The highest BCUT2D eigenvalue weighted by Gasteiger charge is 2.52. The number of halogens is 1. The van der Waals surface area contributed by atoms with Crippen molar-refractivity contribution in [2.75, 3.05) is 14.2 Å². The van der Waals surface area contributed by atoms with Crippen LogP contribution in [0.15, 0.2) is 48.5 Å². The van der Waals surface area contributed by atoms with Gasteiger partial charge in [0.15, 0.2) is 0 Å². The first kappa shape index (κ1) is 23.0. The molecule has 0 heterocycles. The van der Waals surface area contributed by atoms with E-state index >= 15 is 0 Å². The van der Waals surface area contributed by atoms with Gasteiger partial charge in [0.1, 0.15) is 0 Å². The summed E-state index contributed by atoms with van der Waals surface area (Å²) < 4.78 is 4.82. The smallest absolute Gasteiger partial charge is 0.316 e. The molecule has 2 aliphatic carbocycles. The maximum absolute atomic E-state index is 11.6. The highest BCUT2D eigenvalue weighted by atomic mass is 79.9. The largest absolute Gasteiger partial charge is 0.468 e. The number of hydrogen-bond donors (Lipinski definition) is 0. The van der Waals surface area contributed by atoms with Crippen molar-refractivity contribution in [2.45, 2.75) is 61.8 Å². The molecule has 1 atom stereocenters.